The van der Waals surface area contributed by atoms with Crippen molar-refractivity contribution in [2.75, 3.05) is 19.5 Å². The molecule has 1 heterocycles. The summed E-state index contributed by atoms with van der Waals surface area (Å²) in [6.45, 7) is 1.84. The summed E-state index contributed by atoms with van der Waals surface area (Å²) in [6, 6.07) is 12.8. The van der Waals surface area contributed by atoms with Crippen LogP contribution in [0, 0.1) is 6.92 Å². The van der Waals surface area contributed by atoms with Crippen molar-refractivity contribution >= 4 is 11.6 Å². The molecule has 3 aromatic rings. The first-order valence-electron chi connectivity index (χ1n) is 8.10. The molecule has 0 aliphatic heterocycles. The Morgan fingerprint density at radius 1 is 1.12 bits per heavy atom. The normalized spacial score (nSPS) is 10.4. The number of rotatable bonds is 6. The van der Waals surface area contributed by atoms with E-state index in [1.54, 1.807) is 26.4 Å². The number of ether oxygens (including phenoxy) is 2. The number of H-pyrrole nitrogens is 1. The summed E-state index contributed by atoms with van der Waals surface area (Å²) in [5.41, 5.74) is 2.20. The van der Waals surface area contributed by atoms with Crippen LogP contribution in [-0.2, 0) is 11.2 Å². The number of carbonyl (C=O) groups is 1. The third-order valence-corrected chi connectivity index (χ3v) is 3.87. The molecule has 2 N–H and O–H groups in total. The fraction of sp³-hybridized carbons (Fsp3) is 0.211. The van der Waals surface area contributed by atoms with Gasteiger partial charge in [-0.2, -0.15) is 5.10 Å². The first-order valence-corrected chi connectivity index (χ1v) is 8.10. The lowest BCUT2D eigenvalue weighted by molar-refractivity contribution is -0.115. The van der Waals surface area contributed by atoms with Gasteiger partial charge in [-0.15, -0.1) is 0 Å². The molecule has 0 bridgehead atoms. The monoisotopic (exact) mass is 352 g/mol. The molecule has 0 fully saturated rings. The lowest BCUT2D eigenvalue weighted by Crippen LogP contribution is -2.15. The van der Waals surface area contributed by atoms with Gasteiger partial charge in [0, 0.05) is 16.8 Å². The molecular formula is C19H20N4O3. The Morgan fingerprint density at radius 3 is 2.42 bits per heavy atom. The van der Waals surface area contributed by atoms with E-state index in [0.29, 0.717) is 28.6 Å². The van der Waals surface area contributed by atoms with Crippen molar-refractivity contribution < 1.29 is 14.3 Å². The number of hydrogen-bond donors (Lipinski definition) is 2. The van der Waals surface area contributed by atoms with Gasteiger partial charge in [0.05, 0.1) is 20.6 Å². The number of hydrogen-bond acceptors (Lipinski definition) is 5. The maximum atomic E-state index is 12.5. The second-order valence-electron chi connectivity index (χ2n) is 5.69. The lowest BCUT2D eigenvalue weighted by atomic mass is 10.1. The van der Waals surface area contributed by atoms with Gasteiger partial charge < -0.3 is 14.8 Å². The predicted octanol–water partition coefficient (Wildman–Crippen LogP) is 2.98. The molecule has 2 aromatic carbocycles. The number of aryl methyl sites for hydroxylation is 1. The van der Waals surface area contributed by atoms with Gasteiger partial charge in [-0.1, -0.05) is 18.2 Å². The number of methoxy groups -OCH3 is 2. The number of carbonyl (C=O) groups excluding carboxylic acids is 1. The predicted molar refractivity (Wildman–Crippen MR) is 98.4 cm³/mol. The van der Waals surface area contributed by atoms with E-state index < -0.39 is 0 Å². The zero-order chi connectivity index (χ0) is 18.5. The molecule has 1 amide bonds. The molecule has 0 saturated carbocycles. The lowest BCUT2D eigenvalue weighted by Gasteiger charge is -2.13. The molecular weight excluding hydrogens is 332 g/mol. The van der Waals surface area contributed by atoms with Crippen LogP contribution in [0.25, 0.3) is 11.4 Å². The molecule has 0 aliphatic rings. The first kappa shape index (κ1) is 17.5. The highest BCUT2D eigenvalue weighted by atomic mass is 16.5. The standard InChI is InChI=1S/C19H20N4O3/c1-12-20-19(23-22-12)13-6-4-7-14(10-13)21-18(24)11-15-16(25-2)8-5-9-17(15)26-3/h4-10H,11H2,1-3H3,(H,21,24)(H,20,22,23). The number of benzene rings is 2. The van der Waals surface area contributed by atoms with E-state index in [1.165, 1.54) is 0 Å². The van der Waals surface area contributed by atoms with Gasteiger partial charge in [0.25, 0.3) is 0 Å². The van der Waals surface area contributed by atoms with E-state index >= 15 is 0 Å². The van der Waals surface area contributed by atoms with Crippen molar-refractivity contribution in [1.82, 2.24) is 15.2 Å². The minimum atomic E-state index is -0.170. The van der Waals surface area contributed by atoms with Gasteiger partial charge in [-0.3, -0.25) is 9.89 Å². The summed E-state index contributed by atoms with van der Waals surface area (Å²) < 4.78 is 10.7. The summed E-state index contributed by atoms with van der Waals surface area (Å²) in [4.78, 5) is 16.8. The Balaban J connectivity index is 1.77. The van der Waals surface area contributed by atoms with Crippen molar-refractivity contribution in [2.45, 2.75) is 13.3 Å². The summed E-state index contributed by atoms with van der Waals surface area (Å²) in [5.74, 6) is 2.38. The summed E-state index contributed by atoms with van der Waals surface area (Å²) in [7, 11) is 3.14. The minimum Gasteiger partial charge on any atom is -0.496 e. The number of aromatic nitrogens is 3. The second kappa shape index (κ2) is 7.69. The van der Waals surface area contributed by atoms with Gasteiger partial charge in [0.2, 0.25) is 5.91 Å². The molecule has 7 nitrogen and oxygen atoms in total. The van der Waals surface area contributed by atoms with E-state index in [9.17, 15) is 4.79 Å². The first-order chi connectivity index (χ1) is 12.6. The number of nitrogens with zero attached hydrogens (tertiary/aromatic N) is 2. The van der Waals surface area contributed by atoms with Crippen LogP contribution in [-0.4, -0.2) is 35.3 Å². The molecule has 0 radical (unpaired) electrons. The second-order valence-corrected chi connectivity index (χ2v) is 5.69. The maximum Gasteiger partial charge on any atom is 0.229 e. The van der Waals surface area contributed by atoms with Crippen LogP contribution >= 0.6 is 0 Å². The topological polar surface area (TPSA) is 89.1 Å². The fourth-order valence-corrected chi connectivity index (χ4v) is 2.68. The quantitative estimate of drug-likeness (QED) is 0.712. The molecule has 0 atom stereocenters. The third kappa shape index (κ3) is 3.83. The van der Waals surface area contributed by atoms with Crippen LogP contribution in [0.1, 0.15) is 11.4 Å². The van der Waals surface area contributed by atoms with Crippen LogP contribution in [0.2, 0.25) is 0 Å². The van der Waals surface area contributed by atoms with Crippen LogP contribution in [0.4, 0.5) is 5.69 Å². The van der Waals surface area contributed by atoms with E-state index in [4.69, 9.17) is 9.47 Å². The largest absolute Gasteiger partial charge is 0.496 e. The highest BCUT2D eigenvalue weighted by Crippen LogP contribution is 2.29. The minimum absolute atomic E-state index is 0.136. The van der Waals surface area contributed by atoms with Crippen LogP contribution in [0.5, 0.6) is 11.5 Å². The van der Waals surface area contributed by atoms with Crippen molar-refractivity contribution in [1.29, 1.82) is 0 Å². The Hall–Kier alpha value is -3.35. The Bertz CT molecular complexity index is 898. The summed E-state index contributed by atoms with van der Waals surface area (Å²) in [5, 5.41) is 9.84. The van der Waals surface area contributed by atoms with Crippen LogP contribution < -0.4 is 14.8 Å². The average molecular weight is 352 g/mol. The maximum absolute atomic E-state index is 12.5. The van der Waals surface area contributed by atoms with Crippen LogP contribution in [0.15, 0.2) is 42.5 Å². The molecule has 0 spiro atoms. The van der Waals surface area contributed by atoms with Gasteiger partial charge in [-0.25, -0.2) is 4.98 Å². The molecule has 3 rings (SSSR count). The van der Waals surface area contributed by atoms with E-state index in [0.717, 1.165) is 11.4 Å². The van der Waals surface area contributed by atoms with E-state index in [1.807, 2.05) is 37.3 Å². The van der Waals surface area contributed by atoms with Crippen molar-refractivity contribution in [3.8, 4) is 22.9 Å². The molecule has 0 unspecified atom stereocenters. The molecule has 7 heteroatoms. The summed E-state index contributed by atoms with van der Waals surface area (Å²) >= 11 is 0. The van der Waals surface area contributed by atoms with Gasteiger partial charge in [0.15, 0.2) is 5.82 Å². The zero-order valence-electron chi connectivity index (χ0n) is 14.9. The molecule has 26 heavy (non-hydrogen) atoms. The van der Waals surface area contributed by atoms with E-state index in [-0.39, 0.29) is 12.3 Å². The number of nitrogens with one attached hydrogen (secondary N) is 2. The summed E-state index contributed by atoms with van der Waals surface area (Å²) in [6.07, 6.45) is 0.136. The van der Waals surface area contributed by atoms with Crippen molar-refractivity contribution in [3.05, 3.63) is 53.9 Å². The highest BCUT2D eigenvalue weighted by molar-refractivity contribution is 5.93. The van der Waals surface area contributed by atoms with Crippen molar-refractivity contribution in [2.24, 2.45) is 0 Å². The fourth-order valence-electron chi connectivity index (χ4n) is 2.68. The van der Waals surface area contributed by atoms with E-state index in [2.05, 4.69) is 20.5 Å². The smallest absolute Gasteiger partial charge is 0.229 e. The third-order valence-electron chi connectivity index (χ3n) is 3.87. The van der Waals surface area contributed by atoms with Gasteiger partial charge in [-0.05, 0) is 31.2 Å². The zero-order valence-corrected chi connectivity index (χ0v) is 14.9. The Labute approximate surface area is 151 Å². The highest BCUT2D eigenvalue weighted by Gasteiger charge is 2.14. The molecule has 0 aliphatic carbocycles. The van der Waals surface area contributed by atoms with Crippen molar-refractivity contribution in [3.63, 3.8) is 0 Å². The Morgan fingerprint density at radius 2 is 1.81 bits per heavy atom. The molecule has 1 aromatic heterocycles. The molecule has 134 valence electrons. The number of anilines is 1. The van der Waals surface area contributed by atoms with Gasteiger partial charge >= 0.3 is 0 Å². The molecule has 0 saturated heterocycles. The SMILES string of the molecule is COc1cccc(OC)c1CC(=O)Nc1cccc(-c2n[nH]c(C)n2)c1. The Kier molecular flexibility index (Phi) is 5.17. The average Bonchev–Trinajstić information content (AvgIpc) is 3.08. The number of amides is 1. The van der Waals surface area contributed by atoms with Gasteiger partial charge in [0.1, 0.15) is 17.3 Å². The van der Waals surface area contributed by atoms with Crippen LogP contribution in [0.3, 0.4) is 0 Å². The number of aromatic amines is 1.